The fraction of sp³-hybridized carbons (Fsp3) is 0.250. The highest BCUT2D eigenvalue weighted by Crippen LogP contribution is 2.19. The van der Waals surface area contributed by atoms with Crippen LogP contribution in [0.4, 0.5) is 5.69 Å². The molecule has 5 nitrogen and oxygen atoms in total. The molecular formula is C20H23NO4. The minimum absolute atomic E-state index is 0.230. The molecule has 1 amide bonds. The van der Waals surface area contributed by atoms with Crippen LogP contribution in [0.2, 0.25) is 0 Å². The second kappa shape index (κ2) is 8.78. The maximum atomic E-state index is 12.2. The molecule has 5 heteroatoms. The van der Waals surface area contributed by atoms with Crippen LogP contribution in [0.5, 0.6) is 17.2 Å². The summed E-state index contributed by atoms with van der Waals surface area (Å²) in [7, 11) is 1.60. The number of ether oxygens (including phenoxy) is 3. The standard InChI is InChI=1S/C20H23NO4/c1-14(2)13-24-18-7-5-16(6-8-18)21-20(22)15(3)25-19-11-9-17(23-4)10-12-19/h5-12,15H,1,13H2,2-4H3,(H,21,22). The lowest BCUT2D eigenvalue weighted by Crippen LogP contribution is -2.30. The van der Waals surface area contributed by atoms with Crippen molar-refractivity contribution in [2.75, 3.05) is 19.0 Å². The van der Waals surface area contributed by atoms with Gasteiger partial charge in [0.1, 0.15) is 23.9 Å². The Morgan fingerprint density at radius 1 is 1.04 bits per heavy atom. The molecule has 0 radical (unpaired) electrons. The average molecular weight is 341 g/mol. The smallest absolute Gasteiger partial charge is 0.265 e. The van der Waals surface area contributed by atoms with E-state index in [4.69, 9.17) is 14.2 Å². The van der Waals surface area contributed by atoms with Gasteiger partial charge in [-0.3, -0.25) is 4.79 Å². The van der Waals surface area contributed by atoms with E-state index in [1.165, 1.54) is 0 Å². The summed E-state index contributed by atoms with van der Waals surface area (Å²) in [6.45, 7) is 7.86. The predicted octanol–water partition coefficient (Wildman–Crippen LogP) is 4.06. The second-order valence-electron chi connectivity index (χ2n) is 5.70. The van der Waals surface area contributed by atoms with E-state index in [-0.39, 0.29) is 5.91 Å². The van der Waals surface area contributed by atoms with Gasteiger partial charge in [-0.15, -0.1) is 0 Å². The minimum atomic E-state index is -0.632. The maximum Gasteiger partial charge on any atom is 0.265 e. The number of anilines is 1. The van der Waals surface area contributed by atoms with E-state index in [2.05, 4.69) is 11.9 Å². The highest BCUT2D eigenvalue weighted by atomic mass is 16.5. The first-order chi connectivity index (χ1) is 12.0. The summed E-state index contributed by atoms with van der Waals surface area (Å²) >= 11 is 0. The van der Waals surface area contributed by atoms with Crippen LogP contribution >= 0.6 is 0 Å². The van der Waals surface area contributed by atoms with Crippen molar-refractivity contribution in [2.24, 2.45) is 0 Å². The average Bonchev–Trinajstić information content (AvgIpc) is 2.61. The predicted molar refractivity (Wildman–Crippen MR) is 98.5 cm³/mol. The quantitative estimate of drug-likeness (QED) is 0.736. The van der Waals surface area contributed by atoms with E-state index in [1.807, 2.05) is 6.92 Å². The molecule has 1 N–H and O–H groups in total. The first kappa shape index (κ1) is 18.4. The summed E-state index contributed by atoms with van der Waals surface area (Å²) in [6.07, 6.45) is -0.632. The Morgan fingerprint density at radius 3 is 2.16 bits per heavy atom. The van der Waals surface area contributed by atoms with Gasteiger partial charge in [0.25, 0.3) is 5.91 Å². The van der Waals surface area contributed by atoms with Gasteiger partial charge >= 0.3 is 0 Å². The molecule has 0 aliphatic rings. The van der Waals surface area contributed by atoms with Gasteiger partial charge in [0.15, 0.2) is 6.10 Å². The van der Waals surface area contributed by atoms with Gasteiger partial charge in [-0.1, -0.05) is 6.58 Å². The maximum absolute atomic E-state index is 12.2. The van der Waals surface area contributed by atoms with Gasteiger partial charge in [-0.2, -0.15) is 0 Å². The Morgan fingerprint density at radius 2 is 1.60 bits per heavy atom. The molecule has 0 aliphatic heterocycles. The van der Waals surface area contributed by atoms with Crippen molar-refractivity contribution >= 4 is 11.6 Å². The van der Waals surface area contributed by atoms with E-state index >= 15 is 0 Å². The molecule has 0 bridgehead atoms. The molecule has 0 aliphatic carbocycles. The van der Waals surface area contributed by atoms with Crippen LogP contribution in [0.15, 0.2) is 60.7 Å². The SMILES string of the molecule is C=C(C)COc1ccc(NC(=O)C(C)Oc2ccc(OC)cc2)cc1. The number of carbonyl (C=O) groups excluding carboxylic acids is 1. The third kappa shape index (κ3) is 5.88. The normalized spacial score (nSPS) is 11.3. The third-order valence-corrected chi connectivity index (χ3v) is 3.35. The fourth-order valence-corrected chi connectivity index (χ4v) is 2.00. The molecule has 2 rings (SSSR count). The molecular weight excluding hydrogens is 318 g/mol. The highest BCUT2D eigenvalue weighted by molar-refractivity contribution is 5.94. The summed E-state index contributed by atoms with van der Waals surface area (Å²) in [5.74, 6) is 1.83. The van der Waals surface area contributed by atoms with Crippen LogP contribution < -0.4 is 19.5 Å². The zero-order valence-electron chi connectivity index (χ0n) is 14.7. The van der Waals surface area contributed by atoms with Crippen molar-refractivity contribution in [2.45, 2.75) is 20.0 Å². The molecule has 1 atom stereocenters. The summed E-state index contributed by atoms with van der Waals surface area (Å²) in [4.78, 5) is 12.2. The van der Waals surface area contributed by atoms with Gasteiger partial charge in [0, 0.05) is 5.69 Å². The van der Waals surface area contributed by atoms with Crippen LogP contribution in [0.3, 0.4) is 0 Å². The van der Waals surface area contributed by atoms with Gasteiger partial charge in [0.2, 0.25) is 0 Å². The lowest BCUT2D eigenvalue weighted by Gasteiger charge is -2.15. The zero-order chi connectivity index (χ0) is 18.2. The number of benzene rings is 2. The van der Waals surface area contributed by atoms with Crippen molar-refractivity contribution in [3.8, 4) is 17.2 Å². The van der Waals surface area contributed by atoms with Crippen molar-refractivity contribution in [3.63, 3.8) is 0 Å². The van der Waals surface area contributed by atoms with Crippen molar-refractivity contribution < 1.29 is 19.0 Å². The lowest BCUT2D eigenvalue weighted by atomic mass is 10.2. The summed E-state index contributed by atoms with van der Waals surface area (Å²) in [6, 6.07) is 14.2. The van der Waals surface area contributed by atoms with Crippen molar-refractivity contribution in [1.82, 2.24) is 0 Å². The Kier molecular flexibility index (Phi) is 6.46. The van der Waals surface area contributed by atoms with Gasteiger partial charge in [-0.05, 0) is 68.0 Å². The van der Waals surface area contributed by atoms with Crippen LogP contribution in [0.25, 0.3) is 0 Å². The number of hydrogen-bond donors (Lipinski definition) is 1. The molecule has 2 aromatic rings. The monoisotopic (exact) mass is 341 g/mol. The highest BCUT2D eigenvalue weighted by Gasteiger charge is 2.15. The molecule has 25 heavy (non-hydrogen) atoms. The second-order valence-corrected chi connectivity index (χ2v) is 5.70. The van der Waals surface area contributed by atoms with Crippen molar-refractivity contribution in [3.05, 3.63) is 60.7 Å². The zero-order valence-corrected chi connectivity index (χ0v) is 14.7. The Labute approximate surface area is 148 Å². The van der Waals surface area contributed by atoms with E-state index in [1.54, 1.807) is 62.6 Å². The van der Waals surface area contributed by atoms with E-state index < -0.39 is 6.10 Å². The number of methoxy groups -OCH3 is 1. The number of carbonyl (C=O) groups is 1. The largest absolute Gasteiger partial charge is 0.497 e. The van der Waals surface area contributed by atoms with Crippen LogP contribution in [-0.4, -0.2) is 25.7 Å². The molecule has 132 valence electrons. The lowest BCUT2D eigenvalue weighted by molar-refractivity contribution is -0.122. The fourth-order valence-electron chi connectivity index (χ4n) is 2.00. The molecule has 0 saturated carbocycles. The van der Waals surface area contributed by atoms with Gasteiger partial charge in [0.05, 0.1) is 7.11 Å². The molecule has 0 spiro atoms. The Bertz CT molecular complexity index is 707. The molecule has 0 aromatic heterocycles. The molecule has 0 fully saturated rings. The first-order valence-corrected chi connectivity index (χ1v) is 7.96. The van der Waals surface area contributed by atoms with Crippen molar-refractivity contribution in [1.29, 1.82) is 0 Å². The number of nitrogens with one attached hydrogen (secondary N) is 1. The van der Waals surface area contributed by atoms with E-state index in [0.29, 0.717) is 18.0 Å². The first-order valence-electron chi connectivity index (χ1n) is 7.96. The third-order valence-electron chi connectivity index (χ3n) is 3.35. The summed E-state index contributed by atoms with van der Waals surface area (Å²) < 4.78 is 16.3. The van der Waals surface area contributed by atoms with E-state index in [0.717, 1.165) is 17.1 Å². The van der Waals surface area contributed by atoms with Gasteiger partial charge in [-0.25, -0.2) is 0 Å². The molecule has 1 unspecified atom stereocenters. The van der Waals surface area contributed by atoms with Crippen LogP contribution in [0, 0.1) is 0 Å². The Hall–Kier alpha value is -2.95. The number of amides is 1. The summed E-state index contributed by atoms with van der Waals surface area (Å²) in [5, 5.41) is 2.81. The topological polar surface area (TPSA) is 56.8 Å². The molecule has 0 heterocycles. The number of rotatable bonds is 8. The summed E-state index contributed by atoms with van der Waals surface area (Å²) in [5.41, 5.74) is 1.62. The van der Waals surface area contributed by atoms with E-state index in [9.17, 15) is 4.79 Å². The van der Waals surface area contributed by atoms with Gasteiger partial charge < -0.3 is 19.5 Å². The number of hydrogen-bond acceptors (Lipinski definition) is 4. The minimum Gasteiger partial charge on any atom is -0.497 e. The molecule has 2 aromatic carbocycles. The molecule has 0 saturated heterocycles. The van der Waals surface area contributed by atoms with Crippen LogP contribution in [0.1, 0.15) is 13.8 Å². The van der Waals surface area contributed by atoms with Crippen LogP contribution in [-0.2, 0) is 4.79 Å². The Balaban J connectivity index is 1.88.